The number of nitrogens with one attached hydrogen (secondary N) is 1. The molecule has 6 nitrogen and oxygen atoms in total. The van der Waals surface area contributed by atoms with Crippen LogP contribution >= 0.6 is 11.6 Å². The molecule has 8 heteroatoms. The number of benzene rings is 3. The van der Waals surface area contributed by atoms with Gasteiger partial charge in [0.05, 0.1) is 29.1 Å². The molecule has 0 atom stereocenters. The second kappa shape index (κ2) is 12.3. The monoisotopic (exact) mass is 553 g/mol. The lowest BCUT2D eigenvalue weighted by Gasteiger charge is -2.23. The number of halogens is 2. The van der Waals surface area contributed by atoms with Crippen LogP contribution in [0, 0.1) is 24.1 Å². The summed E-state index contributed by atoms with van der Waals surface area (Å²) in [5, 5.41) is 13.0. The smallest absolute Gasteiger partial charge is 0.257 e. The summed E-state index contributed by atoms with van der Waals surface area (Å²) in [6.45, 7) is 5.97. The van der Waals surface area contributed by atoms with Crippen molar-refractivity contribution >= 4 is 29.0 Å². The summed E-state index contributed by atoms with van der Waals surface area (Å²) in [5.41, 5.74) is 4.96. The zero-order valence-electron chi connectivity index (χ0n) is 22.2. The lowest BCUT2D eigenvalue weighted by atomic mass is 9.94. The molecule has 0 aliphatic carbocycles. The lowest BCUT2D eigenvalue weighted by molar-refractivity contribution is 0.102. The SMILES string of the molecule is Cc1cc(C#N)c(C(=O)Nc2ccc(N3CCCN(Cc4ccc(F)cc4Cl)CC3)nc2)cc1-c1ccccc1. The molecule has 1 fully saturated rings. The van der Waals surface area contributed by atoms with Crippen molar-refractivity contribution < 1.29 is 9.18 Å². The van der Waals surface area contributed by atoms with E-state index in [-0.39, 0.29) is 11.7 Å². The van der Waals surface area contributed by atoms with Gasteiger partial charge in [-0.05, 0) is 72.0 Å². The zero-order chi connectivity index (χ0) is 28.1. The fourth-order valence-electron chi connectivity index (χ4n) is 5.01. The van der Waals surface area contributed by atoms with Crippen LogP contribution in [0.3, 0.4) is 0 Å². The maximum atomic E-state index is 13.4. The third-order valence-electron chi connectivity index (χ3n) is 7.14. The topological polar surface area (TPSA) is 72.3 Å². The molecule has 1 amide bonds. The normalized spacial score (nSPS) is 13.9. The number of aromatic nitrogens is 1. The number of anilines is 2. The molecule has 1 aromatic heterocycles. The van der Waals surface area contributed by atoms with Gasteiger partial charge in [-0.15, -0.1) is 0 Å². The van der Waals surface area contributed by atoms with Crippen LogP contribution < -0.4 is 10.2 Å². The number of pyridine rings is 1. The van der Waals surface area contributed by atoms with Crippen LogP contribution in [-0.2, 0) is 6.54 Å². The maximum absolute atomic E-state index is 13.4. The Balaban J connectivity index is 1.25. The summed E-state index contributed by atoms with van der Waals surface area (Å²) in [4.78, 5) is 22.4. The van der Waals surface area contributed by atoms with Crippen molar-refractivity contribution in [3.63, 3.8) is 0 Å². The highest BCUT2D eigenvalue weighted by molar-refractivity contribution is 6.31. The van der Waals surface area contributed by atoms with Gasteiger partial charge < -0.3 is 10.2 Å². The van der Waals surface area contributed by atoms with E-state index in [1.54, 1.807) is 24.4 Å². The Kier molecular flexibility index (Phi) is 8.40. The van der Waals surface area contributed by atoms with Crippen LogP contribution in [0.1, 0.15) is 33.5 Å². The summed E-state index contributed by atoms with van der Waals surface area (Å²) in [5.74, 6) is 0.148. The van der Waals surface area contributed by atoms with Gasteiger partial charge in [-0.25, -0.2) is 9.37 Å². The van der Waals surface area contributed by atoms with Crippen molar-refractivity contribution in [1.29, 1.82) is 5.26 Å². The first kappa shape index (κ1) is 27.3. The molecule has 0 saturated carbocycles. The van der Waals surface area contributed by atoms with Gasteiger partial charge in [-0.3, -0.25) is 9.69 Å². The summed E-state index contributed by atoms with van der Waals surface area (Å²) < 4.78 is 13.4. The minimum atomic E-state index is -0.354. The largest absolute Gasteiger partial charge is 0.355 e. The third-order valence-corrected chi connectivity index (χ3v) is 7.49. The van der Waals surface area contributed by atoms with Crippen LogP contribution in [0.2, 0.25) is 5.02 Å². The number of nitriles is 1. The summed E-state index contributed by atoms with van der Waals surface area (Å²) >= 11 is 6.23. The van der Waals surface area contributed by atoms with E-state index in [0.717, 1.165) is 60.7 Å². The van der Waals surface area contributed by atoms with Gasteiger partial charge >= 0.3 is 0 Å². The summed E-state index contributed by atoms with van der Waals surface area (Å²) in [7, 11) is 0. The molecule has 5 rings (SSSR count). The van der Waals surface area contributed by atoms with Crippen LogP contribution in [-0.4, -0.2) is 42.0 Å². The number of hydrogen-bond donors (Lipinski definition) is 1. The van der Waals surface area contributed by atoms with E-state index in [2.05, 4.69) is 26.2 Å². The quantitative estimate of drug-likeness (QED) is 0.288. The standard InChI is InChI=1S/C32H29ClFN5O/c1-22-16-25(19-35)29(18-28(22)23-6-3-2-4-7-23)32(40)37-27-10-11-31(36-20-27)39-13-5-12-38(14-15-39)21-24-8-9-26(34)17-30(24)33/h2-4,6-11,16-18,20H,5,12-15,21H2,1H3,(H,37,40). The molecule has 4 aromatic rings. The first-order chi connectivity index (χ1) is 19.4. The molecule has 1 aliphatic rings. The minimum Gasteiger partial charge on any atom is -0.355 e. The molecule has 1 N–H and O–H groups in total. The number of carbonyl (C=O) groups excluding carboxylic acids is 1. The van der Waals surface area contributed by atoms with Crippen molar-refractivity contribution in [3.05, 3.63) is 112 Å². The van der Waals surface area contributed by atoms with Gasteiger partial charge in [0.1, 0.15) is 11.6 Å². The summed E-state index contributed by atoms with van der Waals surface area (Å²) in [6.07, 6.45) is 2.60. The van der Waals surface area contributed by atoms with E-state index in [0.29, 0.717) is 28.4 Å². The molecule has 0 spiro atoms. The molecule has 3 aromatic carbocycles. The average Bonchev–Trinajstić information content (AvgIpc) is 3.21. The van der Waals surface area contributed by atoms with E-state index >= 15 is 0 Å². The Morgan fingerprint density at radius 3 is 2.60 bits per heavy atom. The van der Waals surface area contributed by atoms with E-state index in [1.165, 1.54) is 12.1 Å². The number of hydrogen-bond acceptors (Lipinski definition) is 5. The number of carbonyl (C=O) groups is 1. The van der Waals surface area contributed by atoms with Gasteiger partial charge in [0.25, 0.3) is 5.91 Å². The van der Waals surface area contributed by atoms with Crippen molar-refractivity contribution in [2.24, 2.45) is 0 Å². The van der Waals surface area contributed by atoms with Gasteiger partial charge in [0.15, 0.2) is 0 Å². The molecule has 40 heavy (non-hydrogen) atoms. The lowest BCUT2D eigenvalue weighted by Crippen LogP contribution is -2.31. The van der Waals surface area contributed by atoms with Crippen molar-refractivity contribution in [2.45, 2.75) is 19.9 Å². The maximum Gasteiger partial charge on any atom is 0.257 e. The Bertz CT molecular complexity index is 1550. The first-order valence-corrected chi connectivity index (χ1v) is 13.6. The fourth-order valence-corrected chi connectivity index (χ4v) is 5.24. The van der Waals surface area contributed by atoms with E-state index in [1.807, 2.05) is 49.4 Å². The van der Waals surface area contributed by atoms with E-state index in [9.17, 15) is 14.4 Å². The highest BCUT2D eigenvalue weighted by Gasteiger charge is 2.19. The van der Waals surface area contributed by atoms with E-state index < -0.39 is 0 Å². The van der Waals surface area contributed by atoms with Gasteiger partial charge in [-0.2, -0.15) is 5.26 Å². The van der Waals surface area contributed by atoms with Gasteiger partial charge in [-0.1, -0.05) is 48.0 Å². The van der Waals surface area contributed by atoms with Crippen molar-refractivity contribution in [1.82, 2.24) is 9.88 Å². The Morgan fingerprint density at radius 1 is 1.05 bits per heavy atom. The fraction of sp³-hybridized carbons (Fsp3) is 0.219. The Morgan fingerprint density at radius 2 is 1.88 bits per heavy atom. The molecule has 0 unspecified atom stereocenters. The van der Waals surface area contributed by atoms with Crippen molar-refractivity contribution in [3.8, 4) is 17.2 Å². The Labute approximate surface area is 238 Å². The predicted octanol–water partition coefficient (Wildman–Crippen LogP) is 6.69. The zero-order valence-corrected chi connectivity index (χ0v) is 23.0. The number of nitrogens with zero attached hydrogens (tertiary/aromatic N) is 4. The molecular formula is C32H29ClFN5O. The van der Waals surface area contributed by atoms with Crippen LogP contribution in [0.25, 0.3) is 11.1 Å². The van der Waals surface area contributed by atoms with E-state index in [4.69, 9.17) is 11.6 Å². The third kappa shape index (κ3) is 6.31. The molecule has 0 bridgehead atoms. The van der Waals surface area contributed by atoms with Gasteiger partial charge in [0.2, 0.25) is 0 Å². The molecule has 0 radical (unpaired) electrons. The van der Waals surface area contributed by atoms with Crippen LogP contribution in [0.4, 0.5) is 15.9 Å². The molecule has 202 valence electrons. The summed E-state index contributed by atoms with van der Waals surface area (Å²) in [6, 6.07) is 23.8. The highest BCUT2D eigenvalue weighted by atomic mass is 35.5. The predicted molar refractivity (Wildman–Crippen MR) is 157 cm³/mol. The van der Waals surface area contributed by atoms with Crippen molar-refractivity contribution in [2.75, 3.05) is 36.4 Å². The van der Waals surface area contributed by atoms with Crippen LogP contribution in [0.5, 0.6) is 0 Å². The number of aryl methyl sites for hydroxylation is 1. The van der Waals surface area contributed by atoms with Crippen LogP contribution in [0.15, 0.2) is 79.0 Å². The molecule has 1 saturated heterocycles. The molecular weight excluding hydrogens is 525 g/mol. The van der Waals surface area contributed by atoms with Gasteiger partial charge in [0, 0.05) is 37.7 Å². The second-order valence-electron chi connectivity index (χ2n) is 9.90. The second-order valence-corrected chi connectivity index (χ2v) is 10.3. The average molecular weight is 554 g/mol. The molecule has 1 aliphatic heterocycles. The number of amides is 1. The number of rotatable bonds is 6. The Hall–Kier alpha value is -4.25. The molecule has 2 heterocycles. The minimum absolute atomic E-state index is 0.324. The first-order valence-electron chi connectivity index (χ1n) is 13.2. The highest BCUT2D eigenvalue weighted by Crippen LogP contribution is 2.27.